The fourth-order valence-corrected chi connectivity index (χ4v) is 5.78. The minimum Gasteiger partial charge on any atom is -0.408 e. The Hall–Kier alpha value is -2.17. The van der Waals surface area contributed by atoms with Gasteiger partial charge in [0.25, 0.3) is 0 Å². The molecule has 11 heteroatoms. The molecule has 0 spiro atoms. The number of nitrogens with one attached hydrogen (secondary N) is 1. The Bertz CT molecular complexity index is 1210. The summed E-state index contributed by atoms with van der Waals surface area (Å²) >= 11 is 13.0. The van der Waals surface area contributed by atoms with E-state index in [1.165, 1.54) is 27.8 Å². The van der Waals surface area contributed by atoms with Crippen molar-refractivity contribution in [2.45, 2.75) is 17.7 Å². The number of carbonyl (C=O) groups is 1. The Morgan fingerprint density at radius 3 is 2.48 bits per heavy atom. The molecule has 1 aliphatic heterocycles. The van der Waals surface area contributed by atoms with Gasteiger partial charge in [-0.3, -0.25) is 5.32 Å². The maximum atomic E-state index is 12.6. The molecule has 7 nitrogen and oxygen atoms in total. The van der Waals surface area contributed by atoms with Gasteiger partial charge >= 0.3 is 6.09 Å². The normalized spacial score (nSPS) is 14.5. The summed E-state index contributed by atoms with van der Waals surface area (Å²) in [7, 11) is -3.46. The summed E-state index contributed by atoms with van der Waals surface area (Å²) in [6.45, 7) is 1.12. The van der Waals surface area contributed by atoms with Gasteiger partial charge < -0.3 is 4.74 Å². The first-order valence-corrected chi connectivity index (χ1v) is 12.4. The second-order valence-corrected chi connectivity index (χ2v) is 10.4. The molecule has 0 bridgehead atoms. The maximum Gasteiger partial charge on any atom is 0.418 e. The molecule has 2 aromatic carbocycles. The van der Waals surface area contributed by atoms with E-state index in [9.17, 15) is 13.2 Å². The molecule has 162 valence electrons. The lowest BCUT2D eigenvalue weighted by atomic mass is 10.2. The number of anilines is 1. The fraction of sp³-hybridized carbons (Fsp3) is 0.200. The number of aromatic nitrogens is 1. The molecule has 0 unspecified atom stereocenters. The highest BCUT2D eigenvalue weighted by Crippen LogP contribution is 2.30. The van der Waals surface area contributed by atoms with Crippen molar-refractivity contribution < 1.29 is 17.9 Å². The van der Waals surface area contributed by atoms with Gasteiger partial charge in [0.2, 0.25) is 10.0 Å². The summed E-state index contributed by atoms with van der Waals surface area (Å²) in [5.41, 5.74) is 1.34. The zero-order chi connectivity index (χ0) is 22.0. The zero-order valence-electron chi connectivity index (χ0n) is 16.0. The molecular formula is C20H17Cl2N3O4S2. The number of sulfonamides is 1. The molecule has 0 radical (unpaired) electrons. The van der Waals surface area contributed by atoms with E-state index in [2.05, 4.69) is 10.3 Å². The lowest BCUT2D eigenvalue weighted by Crippen LogP contribution is -2.27. The van der Waals surface area contributed by atoms with Crippen molar-refractivity contribution in [3.63, 3.8) is 0 Å². The summed E-state index contributed by atoms with van der Waals surface area (Å²) in [4.78, 5) is 16.7. The molecule has 0 atom stereocenters. The first-order valence-electron chi connectivity index (χ1n) is 9.33. The van der Waals surface area contributed by atoms with Gasteiger partial charge in [-0.25, -0.2) is 18.2 Å². The number of halogens is 2. The number of hydrogen-bond acceptors (Lipinski definition) is 6. The number of nitrogens with zero attached hydrogens (tertiary/aromatic N) is 2. The number of amides is 1. The number of carbonyl (C=O) groups excluding carboxylic acids is 1. The van der Waals surface area contributed by atoms with Gasteiger partial charge in [-0.15, -0.1) is 11.3 Å². The van der Waals surface area contributed by atoms with E-state index in [-0.39, 0.29) is 15.7 Å². The van der Waals surface area contributed by atoms with Crippen molar-refractivity contribution in [3.8, 4) is 17.0 Å². The molecule has 31 heavy (non-hydrogen) atoms. The van der Waals surface area contributed by atoms with Crippen LogP contribution in [0.4, 0.5) is 9.93 Å². The van der Waals surface area contributed by atoms with Crippen molar-refractivity contribution in [1.29, 1.82) is 0 Å². The van der Waals surface area contributed by atoms with E-state index in [1.54, 1.807) is 35.7 Å². The monoisotopic (exact) mass is 497 g/mol. The molecule has 1 aliphatic rings. The lowest BCUT2D eigenvalue weighted by molar-refractivity contribution is 0.215. The Morgan fingerprint density at radius 1 is 1.10 bits per heavy atom. The van der Waals surface area contributed by atoms with Gasteiger partial charge in [-0.1, -0.05) is 35.3 Å². The van der Waals surface area contributed by atoms with Crippen molar-refractivity contribution in [2.75, 3.05) is 18.4 Å². The quantitative estimate of drug-likeness (QED) is 0.501. The number of rotatable bonds is 5. The first kappa shape index (κ1) is 22.0. The third-order valence-electron chi connectivity index (χ3n) is 4.66. The van der Waals surface area contributed by atoms with Crippen LogP contribution >= 0.6 is 34.5 Å². The predicted molar refractivity (Wildman–Crippen MR) is 122 cm³/mol. The Morgan fingerprint density at radius 2 is 1.81 bits per heavy atom. The van der Waals surface area contributed by atoms with Gasteiger partial charge in [-0.05, 0) is 43.2 Å². The van der Waals surface area contributed by atoms with Crippen LogP contribution in [0.25, 0.3) is 11.3 Å². The van der Waals surface area contributed by atoms with Crippen LogP contribution in [-0.2, 0) is 10.0 Å². The zero-order valence-corrected chi connectivity index (χ0v) is 19.2. The minimum absolute atomic E-state index is 0.176. The molecule has 0 aliphatic carbocycles. The molecule has 1 amide bonds. The molecule has 0 saturated carbocycles. The van der Waals surface area contributed by atoms with Crippen LogP contribution in [0.3, 0.4) is 0 Å². The van der Waals surface area contributed by atoms with Gasteiger partial charge in [0.1, 0.15) is 0 Å². The van der Waals surface area contributed by atoms with Crippen LogP contribution in [0.5, 0.6) is 5.75 Å². The highest BCUT2D eigenvalue weighted by molar-refractivity contribution is 7.89. The van der Waals surface area contributed by atoms with Crippen LogP contribution in [0.1, 0.15) is 12.8 Å². The molecule has 1 fully saturated rings. The molecular weight excluding hydrogens is 481 g/mol. The van der Waals surface area contributed by atoms with Crippen molar-refractivity contribution in [2.24, 2.45) is 0 Å². The SMILES string of the molecule is O=C(Nc1nc(-c2ccc(S(=O)(=O)N3CCCC3)cc2)cs1)Oc1ccc(Cl)cc1Cl. The molecule has 1 saturated heterocycles. The summed E-state index contributed by atoms with van der Waals surface area (Å²) in [6.07, 6.45) is 1.04. The fourth-order valence-electron chi connectivity index (χ4n) is 3.11. The summed E-state index contributed by atoms with van der Waals surface area (Å²) in [5.74, 6) is 0.176. The van der Waals surface area contributed by atoms with Crippen LogP contribution in [0.15, 0.2) is 52.7 Å². The van der Waals surface area contributed by atoms with E-state index in [0.29, 0.717) is 28.9 Å². The highest BCUT2D eigenvalue weighted by atomic mass is 35.5. The van der Waals surface area contributed by atoms with E-state index in [0.717, 1.165) is 18.4 Å². The summed E-state index contributed by atoms with van der Waals surface area (Å²) in [6, 6.07) is 11.1. The van der Waals surface area contributed by atoms with E-state index >= 15 is 0 Å². The number of ether oxygens (including phenoxy) is 1. The largest absolute Gasteiger partial charge is 0.418 e. The number of hydrogen-bond donors (Lipinski definition) is 1. The maximum absolute atomic E-state index is 12.6. The molecule has 1 N–H and O–H groups in total. The van der Waals surface area contributed by atoms with Crippen LogP contribution in [0, 0.1) is 0 Å². The Kier molecular flexibility index (Phi) is 6.49. The lowest BCUT2D eigenvalue weighted by Gasteiger charge is -2.15. The van der Waals surface area contributed by atoms with Crippen molar-refractivity contribution >= 4 is 55.8 Å². The van der Waals surface area contributed by atoms with E-state index < -0.39 is 16.1 Å². The van der Waals surface area contributed by atoms with Gasteiger partial charge in [0, 0.05) is 29.1 Å². The number of benzene rings is 2. The van der Waals surface area contributed by atoms with Crippen LogP contribution < -0.4 is 10.1 Å². The summed E-state index contributed by atoms with van der Waals surface area (Å²) < 4.78 is 32.0. The molecule has 3 aromatic rings. The Labute approximate surface area is 193 Å². The van der Waals surface area contributed by atoms with Gasteiger partial charge in [0.15, 0.2) is 10.9 Å². The third kappa shape index (κ3) is 5.02. The van der Waals surface area contributed by atoms with Gasteiger partial charge in [-0.2, -0.15) is 4.31 Å². The average Bonchev–Trinajstić information content (AvgIpc) is 3.43. The topological polar surface area (TPSA) is 88.6 Å². The minimum atomic E-state index is -3.46. The number of thiazole rings is 1. The highest BCUT2D eigenvalue weighted by Gasteiger charge is 2.27. The second-order valence-electron chi connectivity index (χ2n) is 6.76. The smallest absolute Gasteiger partial charge is 0.408 e. The average molecular weight is 498 g/mol. The Balaban J connectivity index is 1.43. The van der Waals surface area contributed by atoms with E-state index in [1.807, 2.05) is 0 Å². The predicted octanol–water partition coefficient (Wildman–Crippen LogP) is 5.51. The van der Waals surface area contributed by atoms with Crippen molar-refractivity contribution in [1.82, 2.24) is 9.29 Å². The van der Waals surface area contributed by atoms with Crippen LogP contribution in [0.2, 0.25) is 10.0 Å². The summed E-state index contributed by atoms with van der Waals surface area (Å²) in [5, 5.41) is 5.28. The molecule has 2 heterocycles. The van der Waals surface area contributed by atoms with Gasteiger partial charge in [0.05, 0.1) is 15.6 Å². The molecule has 4 rings (SSSR count). The molecule has 1 aromatic heterocycles. The third-order valence-corrected chi connectivity index (χ3v) is 7.86. The van der Waals surface area contributed by atoms with E-state index in [4.69, 9.17) is 27.9 Å². The first-order chi connectivity index (χ1) is 14.8. The second kappa shape index (κ2) is 9.13. The van der Waals surface area contributed by atoms with Crippen molar-refractivity contribution in [3.05, 3.63) is 57.9 Å². The van der Waals surface area contributed by atoms with Crippen LogP contribution in [-0.4, -0.2) is 36.9 Å². The standard InChI is InChI=1S/C20H17Cl2N3O4S2/c21-14-5-8-18(16(22)11-14)29-20(26)24-19-23-17(12-30-19)13-3-6-15(7-4-13)31(27,28)25-9-1-2-10-25/h3-8,11-12H,1-2,9-10H2,(H,23,24,26).